The minimum absolute atomic E-state index is 0.00396. The van der Waals surface area contributed by atoms with E-state index >= 15 is 0 Å². The third-order valence-corrected chi connectivity index (χ3v) is 3.11. The van der Waals surface area contributed by atoms with E-state index in [1.165, 1.54) is 6.92 Å². The molecule has 0 spiro atoms. The molecule has 0 aliphatic carbocycles. The lowest BCUT2D eigenvalue weighted by atomic mass is 9.90. The average molecular weight is 304 g/mol. The van der Waals surface area contributed by atoms with Gasteiger partial charge in [0.1, 0.15) is 5.82 Å². The molecule has 114 valence electrons. The predicted molar refractivity (Wildman–Crippen MR) is 66.8 cm³/mol. The summed E-state index contributed by atoms with van der Waals surface area (Å²) < 4.78 is 57.6. The molecule has 2 rings (SSSR count). The number of carbonyl (C=O) groups is 1. The van der Waals surface area contributed by atoms with Crippen LogP contribution >= 0.6 is 0 Å². The monoisotopic (exact) mass is 304 g/mol. The molecule has 1 heterocycles. The number of benzene rings is 1. The van der Waals surface area contributed by atoms with Crippen molar-refractivity contribution in [2.45, 2.75) is 18.6 Å². The summed E-state index contributed by atoms with van der Waals surface area (Å²) in [5.41, 5.74) is 1.64. The van der Waals surface area contributed by atoms with E-state index in [0.29, 0.717) is 0 Å². The number of nitrogens with one attached hydrogen (secondary N) is 1. The zero-order valence-corrected chi connectivity index (χ0v) is 10.9. The largest absolute Gasteiger partial charge is 0.464 e. The number of fused-ring (bicyclic) bond motifs is 1. The lowest BCUT2D eigenvalue weighted by Crippen LogP contribution is -2.57. The number of carbonyl (C=O) groups excluding carboxylic acids is 1. The first-order valence-electron chi connectivity index (χ1n) is 6.01. The second-order valence-corrected chi connectivity index (χ2v) is 4.42. The summed E-state index contributed by atoms with van der Waals surface area (Å²) in [6.07, 6.45) is -4.13. The summed E-state index contributed by atoms with van der Waals surface area (Å²) in [5.74, 6) is -2.23. The van der Waals surface area contributed by atoms with Crippen LogP contribution in [0.3, 0.4) is 0 Å². The highest BCUT2D eigenvalue weighted by Crippen LogP contribution is 2.41. The Labute approximate surface area is 116 Å². The van der Waals surface area contributed by atoms with Gasteiger partial charge in [0.05, 0.1) is 6.61 Å². The highest BCUT2D eigenvalue weighted by atomic mass is 19.4. The van der Waals surface area contributed by atoms with Crippen LogP contribution in [0.2, 0.25) is 0 Å². The van der Waals surface area contributed by atoms with Crippen molar-refractivity contribution in [1.82, 2.24) is 4.98 Å². The number of aromatic nitrogens is 1. The van der Waals surface area contributed by atoms with E-state index in [4.69, 9.17) is 5.73 Å². The topological polar surface area (TPSA) is 68.1 Å². The Balaban J connectivity index is 2.68. The quantitative estimate of drug-likeness (QED) is 0.676. The van der Waals surface area contributed by atoms with E-state index in [-0.39, 0.29) is 17.5 Å². The van der Waals surface area contributed by atoms with Gasteiger partial charge in [-0.2, -0.15) is 13.2 Å². The van der Waals surface area contributed by atoms with Gasteiger partial charge in [0, 0.05) is 22.7 Å². The van der Waals surface area contributed by atoms with E-state index in [1.54, 1.807) is 0 Å². The van der Waals surface area contributed by atoms with Crippen LogP contribution in [-0.4, -0.2) is 23.7 Å². The number of hydrogen-bond acceptors (Lipinski definition) is 3. The summed E-state index contributed by atoms with van der Waals surface area (Å²) >= 11 is 0. The number of aromatic amines is 1. The maximum atomic E-state index is 13.3. The van der Waals surface area contributed by atoms with Crippen molar-refractivity contribution in [3.8, 4) is 0 Å². The van der Waals surface area contributed by atoms with Gasteiger partial charge in [0.25, 0.3) is 0 Å². The van der Waals surface area contributed by atoms with Gasteiger partial charge in [0.2, 0.25) is 5.54 Å². The molecule has 0 bridgehead atoms. The molecule has 21 heavy (non-hydrogen) atoms. The van der Waals surface area contributed by atoms with Crippen LogP contribution in [0.5, 0.6) is 0 Å². The molecule has 3 N–H and O–H groups in total. The molecule has 0 radical (unpaired) electrons. The first-order chi connectivity index (χ1) is 9.71. The van der Waals surface area contributed by atoms with Crippen LogP contribution in [-0.2, 0) is 15.1 Å². The summed E-state index contributed by atoms with van der Waals surface area (Å²) in [4.78, 5) is 14.2. The molecule has 1 aromatic carbocycles. The molecule has 0 saturated heterocycles. The Morgan fingerprint density at radius 3 is 2.62 bits per heavy atom. The van der Waals surface area contributed by atoms with Crippen molar-refractivity contribution in [3.05, 3.63) is 35.8 Å². The van der Waals surface area contributed by atoms with Crippen LogP contribution in [0.4, 0.5) is 17.6 Å². The van der Waals surface area contributed by atoms with E-state index in [2.05, 4.69) is 9.72 Å². The van der Waals surface area contributed by atoms with E-state index in [0.717, 1.165) is 24.4 Å². The molecule has 0 fully saturated rings. The van der Waals surface area contributed by atoms with Crippen molar-refractivity contribution < 1.29 is 27.1 Å². The zero-order valence-electron chi connectivity index (χ0n) is 10.9. The lowest BCUT2D eigenvalue weighted by molar-refractivity contribution is -0.208. The second kappa shape index (κ2) is 5.03. The summed E-state index contributed by atoms with van der Waals surface area (Å²) in [6, 6.07) is 3.13. The van der Waals surface area contributed by atoms with Crippen molar-refractivity contribution in [2.75, 3.05) is 6.61 Å². The maximum Gasteiger partial charge on any atom is 0.421 e. The van der Waals surface area contributed by atoms with Crippen molar-refractivity contribution >= 4 is 16.9 Å². The Kier molecular flexibility index (Phi) is 3.66. The number of halogens is 4. The number of H-pyrrole nitrogens is 1. The zero-order chi connectivity index (χ0) is 15.8. The summed E-state index contributed by atoms with van der Waals surface area (Å²) in [7, 11) is 0. The third-order valence-electron chi connectivity index (χ3n) is 3.11. The Bertz CT molecular complexity index is 680. The summed E-state index contributed by atoms with van der Waals surface area (Å²) in [5, 5.41) is 0.00396. The van der Waals surface area contributed by atoms with Gasteiger partial charge in [-0.3, -0.25) is 0 Å². The third kappa shape index (κ3) is 2.35. The van der Waals surface area contributed by atoms with E-state index in [9.17, 15) is 22.4 Å². The van der Waals surface area contributed by atoms with Crippen LogP contribution in [0, 0.1) is 5.82 Å². The summed E-state index contributed by atoms with van der Waals surface area (Å²) in [6.45, 7) is 1.13. The molecule has 1 atom stereocenters. The Hall–Kier alpha value is -2.09. The number of rotatable bonds is 3. The highest BCUT2D eigenvalue weighted by molar-refractivity contribution is 5.93. The number of alkyl halides is 3. The number of nitrogens with two attached hydrogens (primary N) is 1. The molecule has 0 amide bonds. The van der Waals surface area contributed by atoms with Gasteiger partial charge in [-0.15, -0.1) is 0 Å². The maximum absolute atomic E-state index is 13.3. The fraction of sp³-hybridized carbons (Fsp3) is 0.308. The van der Waals surface area contributed by atoms with Gasteiger partial charge in [0.15, 0.2) is 0 Å². The minimum Gasteiger partial charge on any atom is -0.464 e. The SMILES string of the molecule is CCOC(=O)C(N)(c1c[nH]c2cc(F)ccc12)C(F)(F)F. The number of esters is 1. The van der Waals surface area contributed by atoms with Crippen LogP contribution in [0.15, 0.2) is 24.4 Å². The molecule has 2 aromatic rings. The fourth-order valence-corrected chi connectivity index (χ4v) is 2.05. The molecular formula is C13H12F4N2O2. The molecule has 0 aliphatic rings. The molecule has 1 unspecified atom stereocenters. The van der Waals surface area contributed by atoms with Crippen LogP contribution < -0.4 is 5.73 Å². The molecule has 8 heteroatoms. The van der Waals surface area contributed by atoms with E-state index < -0.39 is 29.1 Å². The van der Waals surface area contributed by atoms with Crippen molar-refractivity contribution in [2.24, 2.45) is 5.73 Å². The number of ether oxygens (including phenoxy) is 1. The van der Waals surface area contributed by atoms with Crippen LogP contribution in [0.1, 0.15) is 12.5 Å². The number of hydrogen-bond donors (Lipinski definition) is 2. The molecule has 0 saturated carbocycles. The fourth-order valence-electron chi connectivity index (χ4n) is 2.05. The first kappa shape index (κ1) is 15.3. The molecule has 0 aliphatic heterocycles. The van der Waals surface area contributed by atoms with Gasteiger partial charge in [-0.1, -0.05) is 0 Å². The first-order valence-corrected chi connectivity index (χ1v) is 6.01. The van der Waals surface area contributed by atoms with Crippen molar-refractivity contribution in [3.63, 3.8) is 0 Å². The second-order valence-electron chi connectivity index (χ2n) is 4.42. The van der Waals surface area contributed by atoms with Crippen molar-refractivity contribution in [1.29, 1.82) is 0 Å². The smallest absolute Gasteiger partial charge is 0.421 e. The normalized spacial score (nSPS) is 15.0. The van der Waals surface area contributed by atoms with Gasteiger partial charge in [-0.25, -0.2) is 9.18 Å². The van der Waals surface area contributed by atoms with E-state index in [1.807, 2.05) is 0 Å². The molecular weight excluding hydrogens is 292 g/mol. The highest BCUT2D eigenvalue weighted by Gasteiger charge is 2.61. The Morgan fingerprint density at radius 2 is 2.05 bits per heavy atom. The average Bonchev–Trinajstić information content (AvgIpc) is 2.79. The predicted octanol–water partition coefficient (Wildman–Crippen LogP) is 2.59. The van der Waals surface area contributed by atoms with Gasteiger partial charge in [-0.05, 0) is 25.1 Å². The van der Waals surface area contributed by atoms with Gasteiger partial charge >= 0.3 is 12.1 Å². The molecule has 4 nitrogen and oxygen atoms in total. The Morgan fingerprint density at radius 1 is 1.38 bits per heavy atom. The molecule has 1 aromatic heterocycles. The standard InChI is InChI=1S/C13H12F4N2O2/c1-2-21-11(20)12(18,13(15,16)17)9-6-19-10-5-7(14)3-4-8(9)10/h3-6,19H,2,18H2,1H3. The minimum atomic E-state index is -5.07. The van der Waals surface area contributed by atoms with Crippen LogP contribution in [0.25, 0.3) is 10.9 Å². The van der Waals surface area contributed by atoms with Gasteiger partial charge < -0.3 is 15.5 Å². The lowest BCUT2D eigenvalue weighted by Gasteiger charge is -2.29.